The van der Waals surface area contributed by atoms with Crippen LogP contribution in [0.3, 0.4) is 0 Å². The fourth-order valence-electron chi connectivity index (χ4n) is 2.16. The van der Waals surface area contributed by atoms with Crippen LogP contribution in [0.25, 0.3) is 0 Å². The van der Waals surface area contributed by atoms with Gasteiger partial charge in [-0.1, -0.05) is 45.4 Å². The van der Waals surface area contributed by atoms with Crippen molar-refractivity contribution in [3.63, 3.8) is 0 Å². The van der Waals surface area contributed by atoms with E-state index in [-0.39, 0.29) is 0 Å². The molecule has 0 saturated carbocycles. The second-order valence-electron chi connectivity index (χ2n) is 4.92. The maximum atomic E-state index is 8.81. The zero-order valence-electron chi connectivity index (χ0n) is 11.6. The van der Waals surface area contributed by atoms with E-state index in [4.69, 9.17) is 5.26 Å². The summed E-state index contributed by atoms with van der Waals surface area (Å²) in [5, 5.41) is 8.81. The fraction of sp³-hybridized carbons (Fsp3) is 0.625. The molecule has 0 atom stereocenters. The van der Waals surface area contributed by atoms with Gasteiger partial charge < -0.3 is 0 Å². The number of aryl methyl sites for hydroxylation is 1. The second-order valence-corrected chi connectivity index (χ2v) is 4.92. The summed E-state index contributed by atoms with van der Waals surface area (Å²) in [6.07, 6.45) is 14.7. The van der Waals surface area contributed by atoms with Crippen molar-refractivity contribution in [3.8, 4) is 6.07 Å². The first kappa shape index (κ1) is 14.7. The molecule has 0 spiro atoms. The number of pyridine rings is 1. The van der Waals surface area contributed by atoms with E-state index in [9.17, 15) is 0 Å². The molecule has 98 valence electrons. The summed E-state index contributed by atoms with van der Waals surface area (Å²) in [7, 11) is 0. The van der Waals surface area contributed by atoms with Gasteiger partial charge in [0.1, 0.15) is 18.2 Å². The fourth-order valence-corrected chi connectivity index (χ4v) is 2.16. The molecular formula is C16H25N2+. The number of nitrogens with zero attached hydrogens (tertiary/aromatic N) is 2. The van der Waals surface area contributed by atoms with Gasteiger partial charge in [-0.25, -0.2) is 4.57 Å². The average molecular weight is 245 g/mol. The maximum absolute atomic E-state index is 8.81. The van der Waals surface area contributed by atoms with Gasteiger partial charge in [-0.3, -0.25) is 0 Å². The lowest BCUT2D eigenvalue weighted by Gasteiger charge is -2.00. The van der Waals surface area contributed by atoms with Crippen LogP contribution in [-0.4, -0.2) is 0 Å². The molecule has 2 nitrogen and oxygen atoms in total. The summed E-state index contributed by atoms with van der Waals surface area (Å²) in [6, 6.07) is 5.98. The van der Waals surface area contributed by atoms with Crippen molar-refractivity contribution < 1.29 is 4.57 Å². The molecule has 1 aromatic rings. The topological polar surface area (TPSA) is 27.7 Å². The van der Waals surface area contributed by atoms with E-state index in [0.29, 0.717) is 0 Å². The van der Waals surface area contributed by atoms with Crippen molar-refractivity contribution in [2.75, 3.05) is 0 Å². The van der Waals surface area contributed by atoms with Gasteiger partial charge in [0.2, 0.25) is 0 Å². The van der Waals surface area contributed by atoms with Gasteiger partial charge in [-0.05, 0) is 12.5 Å². The van der Waals surface area contributed by atoms with Crippen LogP contribution in [0.2, 0.25) is 0 Å². The first-order valence-electron chi connectivity index (χ1n) is 7.26. The number of rotatable bonds is 9. The molecule has 1 rings (SSSR count). The Morgan fingerprint density at radius 3 is 2.39 bits per heavy atom. The van der Waals surface area contributed by atoms with E-state index < -0.39 is 0 Å². The number of hydrogen-bond acceptors (Lipinski definition) is 1. The molecule has 0 radical (unpaired) electrons. The van der Waals surface area contributed by atoms with E-state index in [2.05, 4.69) is 17.6 Å². The normalized spacial score (nSPS) is 10.2. The lowest BCUT2D eigenvalue weighted by molar-refractivity contribution is -0.697. The Hall–Kier alpha value is -1.36. The standard InChI is InChI=1S/C16H25N2/c1-2-3-4-5-6-7-8-9-12-18-13-10-11-16(14-17)15-18/h10-11,13,15H,2-9,12H2,1H3/q+1. The molecule has 1 heterocycles. The summed E-state index contributed by atoms with van der Waals surface area (Å²) < 4.78 is 2.12. The van der Waals surface area contributed by atoms with E-state index in [1.165, 1.54) is 51.4 Å². The highest BCUT2D eigenvalue weighted by Crippen LogP contribution is 2.08. The van der Waals surface area contributed by atoms with Crippen molar-refractivity contribution >= 4 is 0 Å². The molecule has 1 aromatic heterocycles. The van der Waals surface area contributed by atoms with Gasteiger partial charge in [0, 0.05) is 12.5 Å². The Balaban J connectivity index is 2.05. The van der Waals surface area contributed by atoms with E-state index >= 15 is 0 Å². The zero-order valence-corrected chi connectivity index (χ0v) is 11.6. The van der Waals surface area contributed by atoms with Crippen molar-refractivity contribution in [1.82, 2.24) is 0 Å². The Labute approximate surface area is 111 Å². The van der Waals surface area contributed by atoms with Gasteiger partial charge in [0.05, 0.1) is 0 Å². The molecule has 0 bridgehead atoms. The molecule has 0 N–H and O–H groups in total. The maximum Gasteiger partial charge on any atom is 0.186 e. The smallest absolute Gasteiger partial charge is 0.186 e. The quantitative estimate of drug-likeness (QED) is 0.477. The van der Waals surface area contributed by atoms with Crippen molar-refractivity contribution in [2.45, 2.75) is 64.8 Å². The van der Waals surface area contributed by atoms with Crippen molar-refractivity contribution in [3.05, 3.63) is 30.1 Å². The third-order valence-corrected chi connectivity index (χ3v) is 3.26. The molecule has 0 saturated heterocycles. The third kappa shape index (κ3) is 6.39. The van der Waals surface area contributed by atoms with E-state index in [1.54, 1.807) is 0 Å². The van der Waals surface area contributed by atoms with Crippen LogP contribution in [0, 0.1) is 11.3 Å². The van der Waals surface area contributed by atoms with Gasteiger partial charge in [0.25, 0.3) is 0 Å². The summed E-state index contributed by atoms with van der Waals surface area (Å²) in [6.45, 7) is 3.29. The molecule has 0 aromatic carbocycles. The molecule has 2 heteroatoms. The first-order chi connectivity index (χ1) is 8.86. The van der Waals surface area contributed by atoms with E-state index in [1.807, 2.05) is 24.5 Å². The molecule has 18 heavy (non-hydrogen) atoms. The van der Waals surface area contributed by atoms with Gasteiger partial charge >= 0.3 is 0 Å². The Bertz CT molecular complexity index is 366. The van der Waals surface area contributed by atoms with Crippen LogP contribution in [-0.2, 0) is 6.54 Å². The molecule has 0 aliphatic rings. The Kier molecular flexibility index (Phi) is 7.88. The Morgan fingerprint density at radius 2 is 1.72 bits per heavy atom. The second kappa shape index (κ2) is 9.65. The van der Waals surface area contributed by atoms with Crippen molar-refractivity contribution in [2.24, 2.45) is 0 Å². The van der Waals surface area contributed by atoms with Crippen LogP contribution < -0.4 is 4.57 Å². The molecular weight excluding hydrogens is 220 g/mol. The third-order valence-electron chi connectivity index (χ3n) is 3.26. The highest BCUT2D eigenvalue weighted by molar-refractivity contribution is 5.21. The van der Waals surface area contributed by atoms with Crippen LogP contribution in [0.15, 0.2) is 24.5 Å². The predicted octanol–water partition coefficient (Wildman–Crippen LogP) is 3.99. The molecule has 0 aliphatic carbocycles. The first-order valence-corrected chi connectivity index (χ1v) is 7.26. The lowest BCUT2D eigenvalue weighted by atomic mass is 10.1. The van der Waals surface area contributed by atoms with E-state index in [0.717, 1.165) is 12.1 Å². The minimum atomic E-state index is 0.747. The van der Waals surface area contributed by atoms with Crippen LogP contribution >= 0.6 is 0 Å². The van der Waals surface area contributed by atoms with Crippen LogP contribution in [0.4, 0.5) is 0 Å². The zero-order chi connectivity index (χ0) is 13.1. The summed E-state index contributed by atoms with van der Waals surface area (Å²) in [4.78, 5) is 0. The molecule has 0 amide bonds. The lowest BCUT2D eigenvalue weighted by Crippen LogP contribution is -2.32. The SMILES string of the molecule is CCCCCCCCCC[n+]1cccc(C#N)c1. The number of unbranched alkanes of at least 4 members (excludes halogenated alkanes) is 7. The highest BCUT2D eigenvalue weighted by atomic mass is 14.9. The summed E-state index contributed by atoms with van der Waals surface area (Å²) in [5.74, 6) is 0. The summed E-state index contributed by atoms with van der Waals surface area (Å²) in [5.41, 5.74) is 0.747. The monoisotopic (exact) mass is 245 g/mol. The summed E-state index contributed by atoms with van der Waals surface area (Å²) >= 11 is 0. The molecule has 0 aliphatic heterocycles. The van der Waals surface area contributed by atoms with Gasteiger partial charge in [-0.15, -0.1) is 0 Å². The largest absolute Gasteiger partial charge is 0.204 e. The van der Waals surface area contributed by atoms with Crippen LogP contribution in [0.1, 0.15) is 63.9 Å². The number of nitriles is 1. The van der Waals surface area contributed by atoms with Gasteiger partial charge in [0.15, 0.2) is 12.4 Å². The predicted molar refractivity (Wildman–Crippen MR) is 74.0 cm³/mol. The highest BCUT2D eigenvalue weighted by Gasteiger charge is 2.01. The van der Waals surface area contributed by atoms with Gasteiger partial charge in [-0.2, -0.15) is 5.26 Å². The van der Waals surface area contributed by atoms with Crippen LogP contribution in [0.5, 0.6) is 0 Å². The minimum absolute atomic E-state index is 0.747. The minimum Gasteiger partial charge on any atom is -0.204 e. The molecule has 0 unspecified atom stereocenters. The molecule has 0 fully saturated rings. The number of hydrogen-bond donors (Lipinski definition) is 0. The van der Waals surface area contributed by atoms with Crippen molar-refractivity contribution in [1.29, 1.82) is 5.26 Å². The average Bonchev–Trinajstić information content (AvgIpc) is 2.42. The number of aromatic nitrogens is 1. The Morgan fingerprint density at radius 1 is 1.06 bits per heavy atom.